The molecule has 1 fully saturated rings. The molecule has 3 rings (SSSR count). The van der Waals surface area contributed by atoms with Crippen molar-refractivity contribution in [1.29, 1.82) is 0 Å². The summed E-state index contributed by atoms with van der Waals surface area (Å²) < 4.78 is 59.4. The van der Waals surface area contributed by atoms with Gasteiger partial charge in [-0.15, -0.1) is 0 Å². The van der Waals surface area contributed by atoms with Crippen molar-refractivity contribution in [1.82, 2.24) is 0 Å². The van der Waals surface area contributed by atoms with Crippen LogP contribution in [-0.2, 0) is 20.0 Å². The lowest BCUT2D eigenvalue weighted by Crippen LogP contribution is -2.25. The Balaban J connectivity index is 1.82. The Bertz CT molecular complexity index is 1080. The summed E-state index contributed by atoms with van der Waals surface area (Å²) in [6.45, 7) is 6.79. The molecule has 1 N–H and O–H groups in total. The van der Waals surface area contributed by atoms with Crippen LogP contribution >= 0.6 is 0 Å². The predicted molar refractivity (Wildman–Crippen MR) is 115 cm³/mol. The molecule has 1 heterocycles. The standard InChI is InChI=1S/C20H26N2O5S2/c1-15(2)14-27-18-7-9-19(10-8-18)29(25,26)21-20-13-17(6-5-16(20)3)22-11-4-12-28(22,23)24/h5-10,13,15,21H,4,11-12,14H2,1-3H3. The maximum absolute atomic E-state index is 12.8. The van der Waals surface area contributed by atoms with E-state index in [-0.39, 0.29) is 10.6 Å². The highest BCUT2D eigenvalue weighted by molar-refractivity contribution is 7.93. The van der Waals surface area contributed by atoms with Gasteiger partial charge in [-0.05, 0) is 61.2 Å². The van der Waals surface area contributed by atoms with Crippen molar-refractivity contribution < 1.29 is 21.6 Å². The molecule has 1 aliphatic heterocycles. The summed E-state index contributed by atoms with van der Waals surface area (Å²) in [4.78, 5) is 0.105. The van der Waals surface area contributed by atoms with Gasteiger partial charge in [-0.25, -0.2) is 16.8 Å². The fourth-order valence-corrected chi connectivity index (χ4v) is 5.66. The summed E-state index contributed by atoms with van der Waals surface area (Å²) in [5.74, 6) is 1.08. The minimum absolute atomic E-state index is 0.104. The van der Waals surface area contributed by atoms with Gasteiger partial charge in [-0.3, -0.25) is 9.03 Å². The van der Waals surface area contributed by atoms with Crippen molar-refractivity contribution in [3.8, 4) is 5.75 Å². The molecule has 7 nitrogen and oxygen atoms in total. The highest BCUT2D eigenvalue weighted by Crippen LogP contribution is 2.30. The van der Waals surface area contributed by atoms with Gasteiger partial charge in [0.05, 0.1) is 28.6 Å². The van der Waals surface area contributed by atoms with E-state index in [9.17, 15) is 16.8 Å². The number of benzene rings is 2. The summed E-state index contributed by atoms with van der Waals surface area (Å²) in [7, 11) is -7.17. The first-order valence-electron chi connectivity index (χ1n) is 9.45. The Hall–Kier alpha value is -2.26. The number of hydrogen-bond donors (Lipinski definition) is 1. The lowest BCUT2D eigenvalue weighted by Gasteiger charge is -2.19. The van der Waals surface area contributed by atoms with E-state index in [2.05, 4.69) is 4.72 Å². The van der Waals surface area contributed by atoms with Gasteiger partial charge in [0, 0.05) is 6.54 Å². The molecule has 0 aliphatic carbocycles. The normalized spacial score (nSPS) is 16.2. The van der Waals surface area contributed by atoms with Crippen molar-refractivity contribution in [3.63, 3.8) is 0 Å². The first kappa shape index (κ1) is 21.4. The second-order valence-corrected chi connectivity index (χ2v) is 11.2. The maximum atomic E-state index is 12.8. The van der Waals surface area contributed by atoms with E-state index in [1.54, 1.807) is 37.3 Å². The minimum Gasteiger partial charge on any atom is -0.493 e. The van der Waals surface area contributed by atoms with E-state index < -0.39 is 20.0 Å². The first-order chi connectivity index (χ1) is 13.6. The Morgan fingerprint density at radius 3 is 2.41 bits per heavy atom. The van der Waals surface area contributed by atoms with Crippen molar-refractivity contribution >= 4 is 31.4 Å². The molecule has 9 heteroatoms. The predicted octanol–water partition coefficient (Wildman–Crippen LogP) is 3.37. The average Bonchev–Trinajstić information content (AvgIpc) is 3.01. The minimum atomic E-state index is -3.83. The molecule has 0 radical (unpaired) electrons. The summed E-state index contributed by atoms with van der Waals surface area (Å²) in [6, 6.07) is 11.2. The van der Waals surface area contributed by atoms with Gasteiger partial charge < -0.3 is 4.74 Å². The zero-order chi connectivity index (χ0) is 21.2. The van der Waals surface area contributed by atoms with Crippen LogP contribution in [0.4, 0.5) is 11.4 Å². The van der Waals surface area contributed by atoms with Gasteiger partial charge >= 0.3 is 0 Å². The fraction of sp³-hybridized carbons (Fsp3) is 0.400. The number of nitrogens with zero attached hydrogens (tertiary/aromatic N) is 1. The number of nitrogens with one attached hydrogen (secondary N) is 1. The lowest BCUT2D eigenvalue weighted by molar-refractivity contribution is 0.271. The van der Waals surface area contributed by atoms with Crippen molar-refractivity contribution in [2.24, 2.45) is 5.92 Å². The molecule has 158 valence electrons. The third-order valence-corrected chi connectivity index (χ3v) is 7.82. The van der Waals surface area contributed by atoms with Crippen LogP contribution in [-0.4, -0.2) is 35.7 Å². The molecular weight excluding hydrogens is 412 g/mol. The van der Waals surface area contributed by atoms with Crippen LogP contribution in [0.25, 0.3) is 0 Å². The third-order valence-electron chi connectivity index (χ3n) is 4.57. The molecule has 0 bridgehead atoms. The van der Waals surface area contributed by atoms with Crippen LogP contribution in [0.15, 0.2) is 47.4 Å². The van der Waals surface area contributed by atoms with Gasteiger partial charge in [-0.1, -0.05) is 19.9 Å². The van der Waals surface area contributed by atoms with Gasteiger partial charge in [-0.2, -0.15) is 0 Å². The van der Waals surface area contributed by atoms with Crippen molar-refractivity contribution in [2.75, 3.05) is 27.9 Å². The fourth-order valence-electron chi connectivity index (χ4n) is 2.99. The summed E-state index contributed by atoms with van der Waals surface area (Å²) in [6.07, 6.45) is 0.558. The number of anilines is 2. The van der Waals surface area contributed by atoms with Gasteiger partial charge in [0.15, 0.2) is 0 Å². The summed E-state index contributed by atoms with van der Waals surface area (Å²) in [5, 5.41) is 0. The Morgan fingerprint density at radius 2 is 1.83 bits per heavy atom. The highest BCUT2D eigenvalue weighted by atomic mass is 32.2. The topological polar surface area (TPSA) is 92.8 Å². The molecule has 0 amide bonds. The zero-order valence-electron chi connectivity index (χ0n) is 16.8. The molecule has 0 spiro atoms. The summed E-state index contributed by atoms with van der Waals surface area (Å²) >= 11 is 0. The van der Waals surface area contributed by atoms with E-state index in [0.717, 1.165) is 0 Å². The first-order valence-corrected chi connectivity index (χ1v) is 12.5. The Kier molecular flexibility index (Phi) is 6.09. The smallest absolute Gasteiger partial charge is 0.261 e. The molecule has 2 aromatic rings. The van der Waals surface area contributed by atoms with Crippen LogP contribution in [0.3, 0.4) is 0 Å². The molecule has 29 heavy (non-hydrogen) atoms. The number of sulfonamides is 2. The molecule has 1 aliphatic rings. The molecule has 0 aromatic heterocycles. The van der Waals surface area contributed by atoms with E-state index >= 15 is 0 Å². The maximum Gasteiger partial charge on any atom is 0.261 e. The third kappa shape index (κ3) is 5.02. The highest BCUT2D eigenvalue weighted by Gasteiger charge is 2.29. The van der Waals surface area contributed by atoms with E-state index in [1.165, 1.54) is 16.4 Å². The number of hydrogen-bond acceptors (Lipinski definition) is 5. The van der Waals surface area contributed by atoms with Crippen LogP contribution < -0.4 is 13.8 Å². The molecule has 0 saturated carbocycles. The van der Waals surface area contributed by atoms with Gasteiger partial charge in [0.1, 0.15) is 5.75 Å². The van der Waals surface area contributed by atoms with E-state index in [0.29, 0.717) is 48.2 Å². The second kappa shape index (κ2) is 8.23. The van der Waals surface area contributed by atoms with Crippen molar-refractivity contribution in [2.45, 2.75) is 32.1 Å². The van der Waals surface area contributed by atoms with Crippen LogP contribution in [0.5, 0.6) is 5.75 Å². The lowest BCUT2D eigenvalue weighted by atomic mass is 10.2. The van der Waals surface area contributed by atoms with Crippen molar-refractivity contribution in [3.05, 3.63) is 48.0 Å². The quantitative estimate of drug-likeness (QED) is 0.715. The number of ether oxygens (including phenoxy) is 1. The SMILES string of the molecule is Cc1ccc(N2CCCS2(=O)=O)cc1NS(=O)(=O)c1ccc(OCC(C)C)cc1. The average molecular weight is 439 g/mol. The number of rotatable bonds is 7. The molecule has 1 saturated heterocycles. The molecular formula is C20H26N2O5S2. The second-order valence-electron chi connectivity index (χ2n) is 7.52. The van der Waals surface area contributed by atoms with Crippen LogP contribution in [0.1, 0.15) is 25.8 Å². The Labute approximate surface area is 172 Å². The molecule has 0 unspecified atom stereocenters. The molecule has 2 aromatic carbocycles. The van der Waals surface area contributed by atoms with Gasteiger partial charge in [0.2, 0.25) is 10.0 Å². The van der Waals surface area contributed by atoms with Crippen LogP contribution in [0.2, 0.25) is 0 Å². The zero-order valence-corrected chi connectivity index (χ0v) is 18.4. The van der Waals surface area contributed by atoms with Crippen LogP contribution in [0, 0.1) is 12.8 Å². The Morgan fingerprint density at radius 1 is 1.14 bits per heavy atom. The van der Waals surface area contributed by atoms with E-state index in [4.69, 9.17) is 4.74 Å². The number of aryl methyl sites for hydroxylation is 1. The van der Waals surface area contributed by atoms with Gasteiger partial charge in [0.25, 0.3) is 10.0 Å². The molecule has 0 atom stereocenters. The van der Waals surface area contributed by atoms with E-state index in [1.807, 2.05) is 13.8 Å². The largest absolute Gasteiger partial charge is 0.493 e. The summed E-state index contributed by atoms with van der Waals surface area (Å²) in [5.41, 5.74) is 1.51. The monoisotopic (exact) mass is 438 g/mol.